The first kappa shape index (κ1) is 13.5. The molecule has 3 rings (SSSR count). The molecule has 0 N–H and O–H groups in total. The van der Waals surface area contributed by atoms with Gasteiger partial charge in [0, 0.05) is 11.8 Å². The lowest BCUT2D eigenvalue weighted by Gasteiger charge is -2.10. The van der Waals surface area contributed by atoms with Gasteiger partial charge in [0.15, 0.2) is 0 Å². The van der Waals surface area contributed by atoms with E-state index in [1.807, 2.05) is 0 Å². The van der Waals surface area contributed by atoms with Crippen LogP contribution in [0.25, 0.3) is 16.9 Å². The van der Waals surface area contributed by atoms with E-state index in [9.17, 15) is 13.2 Å². The number of benzene rings is 1. The van der Waals surface area contributed by atoms with Crippen LogP contribution in [0.5, 0.6) is 5.75 Å². The zero-order valence-corrected chi connectivity index (χ0v) is 11.1. The lowest BCUT2D eigenvalue weighted by atomic mass is 10.1. The Hall–Kier alpha value is -2.50. The highest BCUT2D eigenvalue weighted by Gasteiger charge is 2.33. The fourth-order valence-corrected chi connectivity index (χ4v) is 2.18. The van der Waals surface area contributed by atoms with Gasteiger partial charge in [0.25, 0.3) is 0 Å². The molecule has 0 radical (unpaired) electrons. The molecule has 0 aliphatic rings. The molecule has 0 unspecified atom stereocenters. The molecule has 0 saturated carbocycles. The monoisotopic (exact) mass is 292 g/mol. The quantitative estimate of drug-likeness (QED) is 0.713. The molecule has 0 amide bonds. The van der Waals surface area contributed by atoms with E-state index in [0.29, 0.717) is 11.4 Å². The highest BCUT2D eigenvalue weighted by atomic mass is 19.4. The molecule has 21 heavy (non-hydrogen) atoms. The summed E-state index contributed by atoms with van der Waals surface area (Å²) >= 11 is 0. The Labute approximate surface area is 118 Å². The van der Waals surface area contributed by atoms with Gasteiger partial charge >= 0.3 is 6.18 Å². The van der Waals surface area contributed by atoms with Crippen molar-refractivity contribution in [2.24, 2.45) is 0 Å². The van der Waals surface area contributed by atoms with Crippen LogP contribution in [0.1, 0.15) is 5.56 Å². The van der Waals surface area contributed by atoms with Gasteiger partial charge in [0.1, 0.15) is 11.4 Å². The van der Waals surface area contributed by atoms with E-state index < -0.39 is 11.7 Å². The number of rotatable bonds is 2. The largest absolute Gasteiger partial charge is 0.495 e. The van der Waals surface area contributed by atoms with Crippen LogP contribution < -0.4 is 4.74 Å². The minimum absolute atomic E-state index is 0.0627. The predicted molar refractivity (Wildman–Crippen MR) is 72.2 cm³/mol. The SMILES string of the molecule is COc1ccc2nc(-c3ccccc3C(F)(F)F)cn2c1. The highest BCUT2D eigenvalue weighted by molar-refractivity contribution is 5.67. The number of hydrogen-bond acceptors (Lipinski definition) is 2. The van der Waals surface area contributed by atoms with Crippen LogP contribution in [-0.4, -0.2) is 16.5 Å². The summed E-state index contributed by atoms with van der Waals surface area (Å²) in [4.78, 5) is 4.24. The molecule has 1 aromatic carbocycles. The lowest BCUT2D eigenvalue weighted by molar-refractivity contribution is -0.137. The molecule has 6 heteroatoms. The van der Waals surface area contributed by atoms with Crippen LogP contribution in [0.2, 0.25) is 0 Å². The van der Waals surface area contributed by atoms with E-state index in [2.05, 4.69) is 4.98 Å². The van der Waals surface area contributed by atoms with E-state index in [1.54, 1.807) is 35.0 Å². The van der Waals surface area contributed by atoms with Crippen molar-refractivity contribution in [1.29, 1.82) is 0 Å². The van der Waals surface area contributed by atoms with Crippen LogP contribution in [0, 0.1) is 0 Å². The fourth-order valence-electron chi connectivity index (χ4n) is 2.18. The Kier molecular flexibility index (Phi) is 3.08. The Balaban J connectivity index is 2.17. The molecular weight excluding hydrogens is 281 g/mol. The summed E-state index contributed by atoms with van der Waals surface area (Å²) in [6.07, 6.45) is -1.19. The number of hydrogen-bond donors (Lipinski definition) is 0. The second-order valence-electron chi connectivity index (χ2n) is 4.50. The van der Waals surface area contributed by atoms with Crippen LogP contribution in [0.4, 0.5) is 13.2 Å². The number of imidazole rings is 1. The van der Waals surface area contributed by atoms with Gasteiger partial charge in [-0.05, 0) is 18.2 Å². The summed E-state index contributed by atoms with van der Waals surface area (Å²) in [5.41, 5.74) is 0.201. The minimum Gasteiger partial charge on any atom is -0.495 e. The third kappa shape index (κ3) is 2.44. The minimum atomic E-state index is -4.41. The van der Waals surface area contributed by atoms with Crippen LogP contribution >= 0.6 is 0 Å². The van der Waals surface area contributed by atoms with Crippen molar-refractivity contribution < 1.29 is 17.9 Å². The Morgan fingerprint density at radius 2 is 1.81 bits per heavy atom. The number of nitrogens with zero attached hydrogens (tertiary/aromatic N) is 2. The summed E-state index contributed by atoms with van der Waals surface area (Å²) in [5, 5.41) is 0. The maximum absolute atomic E-state index is 13.1. The molecule has 108 valence electrons. The van der Waals surface area contributed by atoms with Crippen molar-refractivity contribution >= 4 is 5.65 Å². The summed E-state index contributed by atoms with van der Waals surface area (Å²) < 4.78 is 45.9. The van der Waals surface area contributed by atoms with E-state index in [4.69, 9.17) is 4.74 Å². The highest BCUT2D eigenvalue weighted by Crippen LogP contribution is 2.36. The zero-order valence-electron chi connectivity index (χ0n) is 11.1. The van der Waals surface area contributed by atoms with Gasteiger partial charge in [-0.15, -0.1) is 0 Å². The molecule has 0 spiro atoms. The molecule has 2 heterocycles. The van der Waals surface area contributed by atoms with Gasteiger partial charge in [-0.3, -0.25) is 0 Å². The van der Waals surface area contributed by atoms with E-state index >= 15 is 0 Å². The molecule has 3 aromatic rings. The first-order valence-corrected chi connectivity index (χ1v) is 6.18. The molecule has 0 fully saturated rings. The van der Waals surface area contributed by atoms with Gasteiger partial charge in [0.2, 0.25) is 0 Å². The average Bonchev–Trinajstić information content (AvgIpc) is 2.89. The summed E-state index contributed by atoms with van der Waals surface area (Å²) in [6.45, 7) is 0. The molecule has 0 aliphatic heterocycles. The zero-order chi connectivity index (χ0) is 15.0. The van der Waals surface area contributed by atoms with Crippen molar-refractivity contribution in [3.05, 3.63) is 54.4 Å². The molecule has 0 bridgehead atoms. The lowest BCUT2D eigenvalue weighted by Crippen LogP contribution is -2.06. The fraction of sp³-hybridized carbons (Fsp3) is 0.133. The summed E-state index contributed by atoms with van der Waals surface area (Å²) in [5.74, 6) is 0.607. The summed E-state index contributed by atoms with van der Waals surface area (Å²) in [7, 11) is 1.53. The van der Waals surface area contributed by atoms with Crippen LogP contribution in [0.3, 0.4) is 0 Å². The van der Waals surface area contributed by atoms with Gasteiger partial charge in [-0.2, -0.15) is 13.2 Å². The third-order valence-corrected chi connectivity index (χ3v) is 3.17. The van der Waals surface area contributed by atoms with Crippen molar-refractivity contribution in [2.45, 2.75) is 6.18 Å². The second-order valence-corrected chi connectivity index (χ2v) is 4.50. The average molecular weight is 292 g/mol. The van der Waals surface area contributed by atoms with Crippen molar-refractivity contribution in [3.8, 4) is 17.0 Å². The van der Waals surface area contributed by atoms with Crippen molar-refractivity contribution in [1.82, 2.24) is 9.38 Å². The number of ether oxygens (including phenoxy) is 1. The third-order valence-electron chi connectivity index (χ3n) is 3.17. The van der Waals surface area contributed by atoms with Crippen LogP contribution in [0.15, 0.2) is 48.8 Å². The maximum Gasteiger partial charge on any atom is 0.417 e. The Bertz CT molecular complexity index is 793. The number of alkyl halides is 3. The van der Waals surface area contributed by atoms with Crippen LogP contribution in [-0.2, 0) is 6.18 Å². The van der Waals surface area contributed by atoms with Gasteiger partial charge in [0.05, 0.1) is 24.6 Å². The van der Waals surface area contributed by atoms with Crippen molar-refractivity contribution in [2.75, 3.05) is 7.11 Å². The molecule has 2 aromatic heterocycles. The number of halogens is 3. The molecule has 0 aliphatic carbocycles. The van der Waals surface area contributed by atoms with E-state index in [0.717, 1.165) is 6.07 Å². The van der Waals surface area contributed by atoms with E-state index in [-0.39, 0.29) is 11.3 Å². The predicted octanol–water partition coefficient (Wildman–Crippen LogP) is 4.03. The van der Waals surface area contributed by atoms with Gasteiger partial charge in [-0.1, -0.05) is 18.2 Å². The number of aromatic nitrogens is 2. The first-order valence-electron chi connectivity index (χ1n) is 6.18. The smallest absolute Gasteiger partial charge is 0.417 e. The molecular formula is C15H11F3N2O. The number of fused-ring (bicyclic) bond motifs is 1. The first-order chi connectivity index (χ1) is 9.99. The Morgan fingerprint density at radius 1 is 1.05 bits per heavy atom. The summed E-state index contributed by atoms with van der Waals surface area (Å²) in [6, 6.07) is 8.81. The maximum atomic E-state index is 13.1. The normalized spacial score (nSPS) is 11.8. The van der Waals surface area contributed by atoms with Gasteiger partial charge in [-0.25, -0.2) is 4.98 Å². The van der Waals surface area contributed by atoms with Crippen molar-refractivity contribution in [3.63, 3.8) is 0 Å². The Morgan fingerprint density at radius 3 is 2.52 bits per heavy atom. The topological polar surface area (TPSA) is 26.5 Å². The number of methoxy groups -OCH3 is 1. The standard InChI is InChI=1S/C15H11F3N2O/c1-21-10-6-7-14-19-13(9-20(14)8-10)11-4-2-3-5-12(11)15(16,17)18/h2-9H,1H3. The molecule has 0 atom stereocenters. The molecule has 0 saturated heterocycles. The number of pyridine rings is 1. The molecule has 3 nitrogen and oxygen atoms in total. The van der Waals surface area contributed by atoms with E-state index in [1.165, 1.54) is 19.2 Å². The second kappa shape index (κ2) is 4.80. The van der Waals surface area contributed by atoms with Gasteiger partial charge < -0.3 is 9.14 Å².